The summed E-state index contributed by atoms with van der Waals surface area (Å²) in [5.74, 6) is -0.895. The second-order valence-corrected chi connectivity index (χ2v) is 17.1. The van der Waals surface area contributed by atoms with Gasteiger partial charge in [0.1, 0.15) is 13.2 Å². The van der Waals surface area contributed by atoms with Gasteiger partial charge < -0.3 is 14.2 Å². The number of rotatable bonds is 46. The summed E-state index contributed by atoms with van der Waals surface area (Å²) in [6.45, 7) is 6.58. The lowest BCUT2D eigenvalue weighted by atomic mass is 10.0. The highest BCUT2D eigenvalue weighted by atomic mass is 16.6. The van der Waals surface area contributed by atoms with Crippen molar-refractivity contribution in [3.8, 4) is 0 Å². The molecule has 0 radical (unpaired) electrons. The Kier molecular flexibility index (Phi) is 45.8. The molecule has 0 saturated carbocycles. The number of carbonyl (C=O) groups excluding carboxylic acids is 3. The van der Waals surface area contributed by atoms with Gasteiger partial charge in [-0.25, -0.2) is 0 Å². The van der Waals surface area contributed by atoms with Gasteiger partial charge in [0.15, 0.2) is 6.10 Å². The number of unbranched alkanes of at least 4 members (excludes halogenated alkanes) is 32. The lowest BCUT2D eigenvalue weighted by molar-refractivity contribution is -0.167. The van der Waals surface area contributed by atoms with E-state index in [0.29, 0.717) is 19.3 Å². The Morgan fingerprint density at radius 3 is 0.966 bits per heavy atom. The third-order valence-electron chi connectivity index (χ3n) is 11.2. The molecule has 0 bridgehead atoms. The van der Waals surface area contributed by atoms with Gasteiger partial charge in [-0.2, -0.15) is 0 Å². The van der Waals surface area contributed by atoms with Crippen molar-refractivity contribution < 1.29 is 28.6 Å². The Labute approximate surface area is 360 Å². The standard InChI is InChI=1S/C52H96O6/c1-4-7-10-13-16-19-22-23-24-25-26-27-28-31-33-36-39-42-45-51(54)57-48-49(58-52(55)46-43-40-37-34-30-21-18-15-12-9-6-3)47-56-50(53)44-41-38-35-32-29-20-17-14-11-8-5-2/h15,18,21,30,49H,4-14,16-17,19-20,22-29,31-48H2,1-3H3/b18-15-,30-21-. The SMILES string of the molecule is CCCC/C=C\C=C/CCCCCC(=O)OC(COC(=O)CCCCCCCCCCCCC)COC(=O)CCCCCCCCCCCCCCCCCCCC. The highest BCUT2D eigenvalue weighted by Gasteiger charge is 2.19. The second-order valence-electron chi connectivity index (χ2n) is 17.1. The van der Waals surface area contributed by atoms with Crippen molar-refractivity contribution in [1.82, 2.24) is 0 Å². The summed E-state index contributed by atoms with van der Waals surface area (Å²) in [5.41, 5.74) is 0. The number of hydrogen-bond acceptors (Lipinski definition) is 6. The van der Waals surface area contributed by atoms with Gasteiger partial charge >= 0.3 is 17.9 Å². The minimum Gasteiger partial charge on any atom is -0.462 e. The molecule has 6 nitrogen and oxygen atoms in total. The molecule has 0 rings (SSSR count). The lowest BCUT2D eigenvalue weighted by Gasteiger charge is -2.18. The molecule has 0 N–H and O–H groups in total. The number of allylic oxidation sites excluding steroid dienone is 4. The molecule has 0 aromatic rings. The molecule has 6 heteroatoms. The molecular formula is C52H96O6. The zero-order valence-corrected chi connectivity index (χ0v) is 38.8. The molecule has 0 aliphatic rings. The maximum Gasteiger partial charge on any atom is 0.306 e. The maximum absolute atomic E-state index is 12.7. The Hall–Kier alpha value is -2.11. The van der Waals surface area contributed by atoms with Crippen molar-refractivity contribution >= 4 is 17.9 Å². The number of hydrogen-bond donors (Lipinski definition) is 0. The molecule has 58 heavy (non-hydrogen) atoms. The number of ether oxygens (including phenoxy) is 3. The molecule has 1 unspecified atom stereocenters. The van der Waals surface area contributed by atoms with E-state index in [1.807, 2.05) is 0 Å². The first-order valence-electron chi connectivity index (χ1n) is 25.4. The van der Waals surface area contributed by atoms with Gasteiger partial charge in [-0.05, 0) is 38.5 Å². The van der Waals surface area contributed by atoms with Crippen LogP contribution in [0.4, 0.5) is 0 Å². The van der Waals surface area contributed by atoms with Crippen molar-refractivity contribution in [2.24, 2.45) is 0 Å². The van der Waals surface area contributed by atoms with Crippen LogP contribution in [0.15, 0.2) is 24.3 Å². The Balaban J connectivity index is 4.28. The molecule has 0 aliphatic heterocycles. The summed E-state index contributed by atoms with van der Waals surface area (Å²) in [4.78, 5) is 37.8. The van der Waals surface area contributed by atoms with Crippen LogP contribution in [0.25, 0.3) is 0 Å². The van der Waals surface area contributed by atoms with E-state index in [4.69, 9.17) is 14.2 Å². The first-order valence-corrected chi connectivity index (χ1v) is 25.4. The van der Waals surface area contributed by atoms with Gasteiger partial charge in [-0.15, -0.1) is 0 Å². The van der Waals surface area contributed by atoms with Crippen LogP contribution in [-0.4, -0.2) is 37.2 Å². The molecule has 0 amide bonds. The predicted octanol–water partition coefficient (Wildman–Crippen LogP) is 16.4. The molecule has 0 fully saturated rings. The van der Waals surface area contributed by atoms with Crippen LogP contribution < -0.4 is 0 Å². The highest BCUT2D eigenvalue weighted by molar-refractivity contribution is 5.71. The topological polar surface area (TPSA) is 78.9 Å². The fourth-order valence-corrected chi connectivity index (χ4v) is 7.36. The Bertz CT molecular complexity index is 942. The van der Waals surface area contributed by atoms with Gasteiger partial charge in [-0.1, -0.05) is 238 Å². The molecule has 0 aromatic carbocycles. The fraction of sp³-hybridized carbons (Fsp3) is 0.865. The third-order valence-corrected chi connectivity index (χ3v) is 11.2. The molecule has 0 heterocycles. The monoisotopic (exact) mass is 817 g/mol. The molecule has 0 aromatic heterocycles. The van der Waals surface area contributed by atoms with Crippen LogP contribution in [0.2, 0.25) is 0 Å². The summed E-state index contributed by atoms with van der Waals surface area (Å²) in [7, 11) is 0. The minimum atomic E-state index is -0.777. The molecule has 0 spiro atoms. The summed E-state index contributed by atoms with van der Waals surface area (Å²) < 4.78 is 16.7. The van der Waals surface area contributed by atoms with E-state index in [1.54, 1.807) is 0 Å². The zero-order valence-electron chi connectivity index (χ0n) is 38.8. The van der Waals surface area contributed by atoms with Crippen LogP contribution in [-0.2, 0) is 28.6 Å². The Morgan fingerprint density at radius 1 is 0.345 bits per heavy atom. The normalized spacial score (nSPS) is 12.1. The molecule has 1 atom stereocenters. The molecule has 0 saturated heterocycles. The van der Waals surface area contributed by atoms with Crippen molar-refractivity contribution in [2.75, 3.05) is 13.2 Å². The zero-order chi connectivity index (χ0) is 42.3. The number of carbonyl (C=O) groups is 3. The summed E-state index contributed by atoms with van der Waals surface area (Å²) in [6, 6.07) is 0. The summed E-state index contributed by atoms with van der Waals surface area (Å²) in [5, 5.41) is 0. The smallest absolute Gasteiger partial charge is 0.306 e. The van der Waals surface area contributed by atoms with Crippen molar-refractivity contribution in [3.63, 3.8) is 0 Å². The van der Waals surface area contributed by atoms with Crippen LogP contribution in [0.5, 0.6) is 0 Å². The minimum absolute atomic E-state index is 0.0775. The Morgan fingerprint density at radius 2 is 0.621 bits per heavy atom. The highest BCUT2D eigenvalue weighted by Crippen LogP contribution is 2.16. The van der Waals surface area contributed by atoms with Crippen LogP contribution in [0.3, 0.4) is 0 Å². The van der Waals surface area contributed by atoms with E-state index in [0.717, 1.165) is 70.6 Å². The van der Waals surface area contributed by atoms with Crippen molar-refractivity contribution in [3.05, 3.63) is 24.3 Å². The van der Waals surface area contributed by atoms with E-state index in [1.165, 1.54) is 161 Å². The van der Waals surface area contributed by atoms with E-state index >= 15 is 0 Å². The van der Waals surface area contributed by atoms with Gasteiger partial charge in [0.2, 0.25) is 0 Å². The third kappa shape index (κ3) is 45.0. The van der Waals surface area contributed by atoms with Crippen LogP contribution >= 0.6 is 0 Å². The number of esters is 3. The van der Waals surface area contributed by atoms with Gasteiger partial charge in [-0.3, -0.25) is 14.4 Å². The van der Waals surface area contributed by atoms with E-state index < -0.39 is 6.10 Å². The first-order chi connectivity index (χ1) is 28.5. The fourth-order valence-electron chi connectivity index (χ4n) is 7.36. The molecular weight excluding hydrogens is 721 g/mol. The lowest BCUT2D eigenvalue weighted by Crippen LogP contribution is -2.30. The molecule has 340 valence electrons. The van der Waals surface area contributed by atoms with Crippen LogP contribution in [0.1, 0.15) is 271 Å². The van der Waals surface area contributed by atoms with Crippen molar-refractivity contribution in [2.45, 2.75) is 277 Å². The van der Waals surface area contributed by atoms with E-state index in [-0.39, 0.29) is 31.1 Å². The second kappa shape index (κ2) is 47.6. The average molecular weight is 817 g/mol. The van der Waals surface area contributed by atoms with Gasteiger partial charge in [0.05, 0.1) is 0 Å². The maximum atomic E-state index is 12.7. The molecule has 0 aliphatic carbocycles. The van der Waals surface area contributed by atoms with Gasteiger partial charge in [0.25, 0.3) is 0 Å². The predicted molar refractivity (Wildman–Crippen MR) is 247 cm³/mol. The van der Waals surface area contributed by atoms with E-state index in [9.17, 15) is 14.4 Å². The van der Waals surface area contributed by atoms with Crippen molar-refractivity contribution in [1.29, 1.82) is 0 Å². The summed E-state index contributed by atoms with van der Waals surface area (Å²) >= 11 is 0. The largest absolute Gasteiger partial charge is 0.462 e. The first kappa shape index (κ1) is 55.9. The van der Waals surface area contributed by atoms with Gasteiger partial charge in [0, 0.05) is 19.3 Å². The average Bonchev–Trinajstić information content (AvgIpc) is 3.22. The van der Waals surface area contributed by atoms with E-state index in [2.05, 4.69) is 45.1 Å². The summed E-state index contributed by atoms with van der Waals surface area (Å²) in [6.07, 6.45) is 53.1. The quantitative estimate of drug-likeness (QED) is 0.0263. The van der Waals surface area contributed by atoms with Crippen LogP contribution in [0, 0.1) is 0 Å².